The molecule has 38 heavy (non-hydrogen) atoms. The van der Waals surface area contributed by atoms with Crippen molar-refractivity contribution in [1.82, 2.24) is 20.2 Å². The van der Waals surface area contributed by atoms with Crippen molar-refractivity contribution >= 4 is 37.2 Å². The maximum absolute atomic E-state index is 4.93. The summed E-state index contributed by atoms with van der Waals surface area (Å²) in [7, 11) is 0. The number of aromatic amines is 1. The molecule has 1 aromatic heterocycles. The topological polar surface area (TPSA) is 44.0 Å². The fourth-order valence-electron chi connectivity index (χ4n) is 5.93. The zero-order valence-electron chi connectivity index (χ0n) is 22.3. The van der Waals surface area contributed by atoms with E-state index in [-0.39, 0.29) is 48.7 Å². The zero-order valence-corrected chi connectivity index (χ0v) is 24.7. The summed E-state index contributed by atoms with van der Waals surface area (Å²) in [6.45, 7) is 10.8. The summed E-state index contributed by atoms with van der Waals surface area (Å²) in [5.41, 5.74) is 5.93. The average Bonchev–Trinajstić information content (AvgIpc) is 3.39. The van der Waals surface area contributed by atoms with Crippen molar-refractivity contribution in [3.63, 3.8) is 0 Å². The molecule has 0 radical (unpaired) electrons. The Morgan fingerprint density at radius 2 is 1.29 bits per heavy atom. The van der Waals surface area contributed by atoms with E-state index in [1.165, 1.54) is 22.4 Å². The first kappa shape index (κ1) is 31.9. The van der Waals surface area contributed by atoms with Gasteiger partial charge < -0.3 is 10.3 Å². The molecule has 0 saturated carbocycles. The van der Waals surface area contributed by atoms with Crippen LogP contribution < -0.4 is 5.32 Å². The van der Waals surface area contributed by atoms with Crippen molar-refractivity contribution in [3.8, 4) is 11.4 Å². The highest BCUT2D eigenvalue weighted by atomic mass is 35.5. The smallest absolute Gasteiger partial charge is 0.137 e. The van der Waals surface area contributed by atoms with Gasteiger partial charge in [-0.3, -0.25) is 4.90 Å². The number of hydrogen-bond donors (Lipinski definition) is 2. The van der Waals surface area contributed by atoms with Crippen LogP contribution >= 0.6 is 37.2 Å². The van der Waals surface area contributed by atoms with Crippen LogP contribution in [0.4, 0.5) is 0 Å². The van der Waals surface area contributed by atoms with Gasteiger partial charge in [0.2, 0.25) is 0 Å². The number of aromatic nitrogens is 2. The fraction of sp³-hybridized carbons (Fsp3) is 0.323. The van der Waals surface area contributed by atoms with Gasteiger partial charge in [0.25, 0.3) is 0 Å². The Bertz CT molecular complexity index is 1180. The van der Waals surface area contributed by atoms with Crippen LogP contribution in [0.2, 0.25) is 0 Å². The molecule has 1 fully saturated rings. The average molecular weight is 574 g/mol. The van der Waals surface area contributed by atoms with Crippen molar-refractivity contribution in [2.75, 3.05) is 26.2 Å². The van der Waals surface area contributed by atoms with Gasteiger partial charge in [-0.2, -0.15) is 0 Å². The number of halogens is 3. The Labute approximate surface area is 245 Å². The van der Waals surface area contributed by atoms with Crippen LogP contribution in [0, 0.1) is 12.8 Å². The lowest BCUT2D eigenvalue weighted by atomic mass is 9.66. The van der Waals surface area contributed by atoms with Crippen molar-refractivity contribution < 1.29 is 0 Å². The summed E-state index contributed by atoms with van der Waals surface area (Å²) in [5, 5.41) is 3.56. The normalized spacial score (nSPS) is 15.2. The van der Waals surface area contributed by atoms with Gasteiger partial charge in [-0.15, -0.1) is 37.2 Å². The molecule has 2 N–H and O–H groups in total. The highest BCUT2D eigenvalue weighted by Gasteiger charge is 2.50. The quantitative estimate of drug-likeness (QED) is 0.245. The van der Waals surface area contributed by atoms with Crippen LogP contribution in [0.25, 0.3) is 11.4 Å². The van der Waals surface area contributed by atoms with E-state index in [4.69, 9.17) is 4.98 Å². The van der Waals surface area contributed by atoms with E-state index < -0.39 is 0 Å². The summed E-state index contributed by atoms with van der Waals surface area (Å²) in [6.07, 6.45) is 2.09. The number of hydrogen-bond acceptors (Lipinski definition) is 3. The lowest BCUT2D eigenvalue weighted by Crippen LogP contribution is -2.59. The number of nitrogens with one attached hydrogen (secondary N) is 2. The molecule has 0 bridgehead atoms. The Hall–Kier alpha value is -2.34. The fourth-order valence-corrected chi connectivity index (χ4v) is 5.93. The standard InChI is InChI=1S/C31H36N4.3ClH/c1-23(2)31(35-20-18-32-19-21-35,28-22-33-30(34-28)27-16-14-24(3)15-17-27)29(25-10-6-4-7-11-25)26-12-8-5-9-13-26;;;/h4-17,22-23,29,32H,18-21H2,1-3H3,(H,33,34);3*1H. The Kier molecular flexibility index (Phi) is 11.9. The third-order valence-corrected chi connectivity index (χ3v) is 7.56. The molecule has 3 aromatic carbocycles. The van der Waals surface area contributed by atoms with Gasteiger partial charge in [0.1, 0.15) is 5.82 Å². The van der Waals surface area contributed by atoms with E-state index in [0.29, 0.717) is 5.92 Å². The number of aryl methyl sites for hydroxylation is 1. The second-order valence-electron chi connectivity index (χ2n) is 9.98. The summed E-state index contributed by atoms with van der Waals surface area (Å²) < 4.78 is 0. The highest BCUT2D eigenvalue weighted by molar-refractivity contribution is 5.86. The number of benzene rings is 3. The Morgan fingerprint density at radius 3 is 1.79 bits per heavy atom. The van der Waals surface area contributed by atoms with Crippen LogP contribution in [0.5, 0.6) is 0 Å². The number of piperazine rings is 1. The lowest BCUT2D eigenvalue weighted by molar-refractivity contribution is 0.0114. The van der Waals surface area contributed by atoms with E-state index in [2.05, 4.69) is 127 Å². The minimum Gasteiger partial charge on any atom is -0.340 e. The van der Waals surface area contributed by atoms with Crippen LogP contribution in [-0.2, 0) is 5.54 Å². The largest absolute Gasteiger partial charge is 0.340 e. The minimum absolute atomic E-state index is 0. The number of rotatable bonds is 7. The Balaban J connectivity index is 0.00000169. The molecule has 1 aliphatic heterocycles. The first-order valence-corrected chi connectivity index (χ1v) is 12.8. The summed E-state index contributed by atoms with van der Waals surface area (Å²) in [5.74, 6) is 1.41. The van der Waals surface area contributed by atoms with Crippen molar-refractivity contribution in [3.05, 3.63) is 114 Å². The van der Waals surface area contributed by atoms with Crippen LogP contribution in [0.1, 0.15) is 42.1 Å². The molecule has 204 valence electrons. The molecule has 2 heterocycles. The molecule has 1 aliphatic rings. The molecule has 4 aromatic rings. The van der Waals surface area contributed by atoms with E-state index in [1.54, 1.807) is 0 Å². The summed E-state index contributed by atoms with van der Waals surface area (Å²) in [6, 6.07) is 30.6. The molecule has 1 atom stereocenters. The van der Waals surface area contributed by atoms with E-state index in [9.17, 15) is 0 Å². The minimum atomic E-state index is -0.291. The van der Waals surface area contributed by atoms with Gasteiger partial charge in [-0.25, -0.2) is 4.98 Å². The molecule has 5 rings (SSSR count). The van der Waals surface area contributed by atoms with Crippen LogP contribution in [0.3, 0.4) is 0 Å². The maximum Gasteiger partial charge on any atom is 0.137 e. The van der Waals surface area contributed by atoms with Gasteiger partial charge in [-0.05, 0) is 24.0 Å². The predicted molar refractivity (Wildman–Crippen MR) is 166 cm³/mol. The first-order chi connectivity index (χ1) is 17.1. The molecule has 0 aliphatic carbocycles. The molecular formula is C31H39Cl3N4. The third-order valence-electron chi connectivity index (χ3n) is 7.56. The van der Waals surface area contributed by atoms with E-state index in [0.717, 1.165) is 37.6 Å². The summed E-state index contributed by atoms with van der Waals surface area (Å²) >= 11 is 0. The molecule has 0 amide bonds. The number of nitrogens with zero attached hydrogens (tertiary/aromatic N) is 2. The monoisotopic (exact) mass is 572 g/mol. The molecular weight excluding hydrogens is 535 g/mol. The van der Waals surface area contributed by atoms with Gasteiger partial charge >= 0.3 is 0 Å². The van der Waals surface area contributed by atoms with Crippen molar-refractivity contribution in [1.29, 1.82) is 0 Å². The molecule has 4 nitrogen and oxygen atoms in total. The number of H-pyrrole nitrogens is 1. The van der Waals surface area contributed by atoms with E-state index in [1.807, 2.05) is 0 Å². The molecule has 0 spiro atoms. The van der Waals surface area contributed by atoms with Crippen LogP contribution in [0.15, 0.2) is 91.1 Å². The highest BCUT2D eigenvalue weighted by Crippen LogP contribution is 2.50. The van der Waals surface area contributed by atoms with Crippen molar-refractivity contribution in [2.45, 2.75) is 32.2 Å². The first-order valence-electron chi connectivity index (χ1n) is 12.8. The predicted octanol–water partition coefficient (Wildman–Crippen LogP) is 7.24. The second kappa shape index (κ2) is 14.2. The van der Waals surface area contributed by atoms with Gasteiger partial charge in [0, 0.05) is 37.7 Å². The zero-order chi connectivity index (χ0) is 24.3. The van der Waals surface area contributed by atoms with Gasteiger partial charge in [0.15, 0.2) is 0 Å². The SMILES string of the molecule is Cc1ccc(-c2ncc(C(C(C)C)(C(c3ccccc3)c3ccccc3)N3CCNCC3)[nH]2)cc1.Cl.Cl.Cl. The van der Waals surface area contributed by atoms with Crippen molar-refractivity contribution in [2.24, 2.45) is 5.92 Å². The molecule has 1 saturated heterocycles. The van der Waals surface area contributed by atoms with Gasteiger partial charge in [-0.1, -0.05) is 104 Å². The molecule has 7 heteroatoms. The molecule has 1 unspecified atom stereocenters. The van der Waals surface area contributed by atoms with Crippen LogP contribution in [-0.4, -0.2) is 41.0 Å². The van der Waals surface area contributed by atoms with E-state index >= 15 is 0 Å². The Morgan fingerprint density at radius 1 is 0.763 bits per heavy atom. The third kappa shape index (κ3) is 6.11. The lowest BCUT2D eigenvalue weighted by Gasteiger charge is -2.53. The second-order valence-corrected chi connectivity index (χ2v) is 9.98. The summed E-state index contributed by atoms with van der Waals surface area (Å²) in [4.78, 5) is 11.4. The maximum atomic E-state index is 4.93. The number of imidazole rings is 1. The van der Waals surface area contributed by atoms with Gasteiger partial charge in [0.05, 0.1) is 17.4 Å².